The Hall–Kier alpha value is -0.590. The molecule has 0 saturated carbocycles. The topological polar surface area (TPSA) is 54.2 Å². The first-order valence-electron chi connectivity index (χ1n) is 6.33. The van der Waals surface area contributed by atoms with E-state index in [2.05, 4.69) is 48.2 Å². The van der Waals surface area contributed by atoms with Gasteiger partial charge in [-0.25, -0.2) is 0 Å². The maximum absolute atomic E-state index is 5.33. The van der Waals surface area contributed by atoms with Crippen molar-refractivity contribution in [3.05, 3.63) is 11.7 Å². The van der Waals surface area contributed by atoms with Gasteiger partial charge in [0.25, 0.3) is 0 Å². The molecule has 5 nitrogen and oxygen atoms in total. The molecule has 1 aliphatic heterocycles. The standard InChI is InChI=1S/C12H22N4OS/c1-12(2,3)18-8-10-14-11(15-17-10)9-7-13-5-6-16(9)4/h9,13H,5-8H2,1-4H3. The van der Waals surface area contributed by atoms with Crippen molar-refractivity contribution in [3.63, 3.8) is 0 Å². The monoisotopic (exact) mass is 270 g/mol. The molecule has 0 aliphatic carbocycles. The first-order chi connectivity index (χ1) is 8.46. The molecule has 0 radical (unpaired) electrons. The average Bonchev–Trinajstić information content (AvgIpc) is 2.75. The number of piperazine rings is 1. The van der Waals surface area contributed by atoms with Crippen LogP contribution in [-0.2, 0) is 5.75 Å². The van der Waals surface area contributed by atoms with E-state index in [4.69, 9.17) is 4.52 Å². The van der Waals surface area contributed by atoms with Gasteiger partial charge in [-0.05, 0) is 7.05 Å². The number of nitrogens with zero attached hydrogens (tertiary/aromatic N) is 3. The van der Waals surface area contributed by atoms with E-state index in [1.165, 1.54) is 0 Å². The van der Waals surface area contributed by atoms with Crippen LogP contribution in [0.4, 0.5) is 0 Å². The van der Waals surface area contributed by atoms with E-state index in [0.29, 0.717) is 0 Å². The summed E-state index contributed by atoms with van der Waals surface area (Å²) in [6, 6.07) is 0.232. The third-order valence-corrected chi connectivity index (χ3v) is 4.18. The fourth-order valence-electron chi connectivity index (χ4n) is 1.83. The number of hydrogen-bond donors (Lipinski definition) is 1. The molecule has 102 valence electrons. The smallest absolute Gasteiger partial charge is 0.236 e. The van der Waals surface area contributed by atoms with Gasteiger partial charge >= 0.3 is 0 Å². The van der Waals surface area contributed by atoms with Crippen LogP contribution in [0.3, 0.4) is 0 Å². The van der Waals surface area contributed by atoms with E-state index < -0.39 is 0 Å². The molecular formula is C12H22N4OS. The van der Waals surface area contributed by atoms with Crippen LogP contribution >= 0.6 is 11.8 Å². The number of rotatable bonds is 3. The first kappa shape index (κ1) is 13.8. The Morgan fingerprint density at radius 2 is 2.28 bits per heavy atom. The maximum atomic E-state index is 5.33. The third kappa shape index (κ3) is 3.70. The molecule has 0 aromatic carbocycles. The predicted molar refractivity (Wildman–Crippen MR) is 73.6 cm³/mol. The second kappa shape index (κ2) is 5.59. The number of nitrogens with one attached hydrogen (secondary N) is 1. The summed E-state index contributed by atoms with van der Waals surface area (Å²) in [5.74, 6) is 2.30. The number of thioether (sulfide) groups is 1. The molecule has 2 heterocycles. The second-order valence-corrected chi connectivity index (χ2v) is 7.45. The molecule has 6 heteroatoms. The third-order valence-electron chi connectivity index (χ3n) is 2.92. The Kier molecular flexibility index (Phi) is 4.29. The van der Waals surface area contributed by atoms with E-state index in [0.717, 1.165) is 37.1 Å². The number of aromatic nitrogens is 2. The van der Waals surface area contributed by atoms with Crippen molar-refractivity contribution in [1.82, 2.24) is 20.4 Å². The van der Waals surface area contributed by atoms with Crippen molar-refractivity contribution >= 4 is 11.8 Å². The Bertz CT molecular complexity index is 388. The van der Waals surface area contributed by atoms with Crippen LogP contribution in [-0.4, -0.2) is 46.5 Å². The molecule has 18 heavy (non-hydrogen) atoms. The minimum Gasteiger partial charge on any atom is -0.338 e. The summed E-state index contributed by atoms with van der Waals surface area (Å²) in [4.78, 5) is 6.77. The Morgan fingerprint density at radius 1 is 1.50 bits per heavy atom. The highest BCUT2D eigenvalue weighted by Gasteiger charge is 2.25. The number of hydrogen-bond acceptors (Lipinski definition) is 6. The lowest BCUT2D eigenvalue weighted by Gasteiger charge is -2.30. The first-order valence-corrected chi connectivity index (χ1v) is 7.32. The van der Waals surface area contributed by atoms with Crippen molar-refractivity contribution < 1.29 is 4.52 Å². The lowest BCUT2D eigenvalue weighted by atomic mass is 10.2. The van der Waals surface area contributed by atoms with Crippen LogP contribution in [0.2, 0.25) is 0 Å². The highest BCUT2D eigenvalue weighted by Crippen LogP contribution is 2.27. The maximum Gasteiger partial charge on any atom is 0.236 e. The van der Waals surface area contributed by atoms with Crippen molar-refractivity contribution in [2.24, 2.45) is 0 Å². The summed E-state index contributed by atoms with van der Waals surface area (Å²) < 4.78 is 5.55. The molecular weight excluding hydrogens is 248 g/mol. The van der Waals surface area contributed by atoms with Gasteiger partial charge in [0.15, 0.2) is 5.82 Å². The van der Waals surface area contributed by atoms with Crippen LogP contribution in [0.25, 0.3) is 0 Å². The molecule has 1 N–H and O–H groups in total. The van der Waals surface area contributed by atoms with Gasteiger partial charge in [-0.3, -0.25) is 4.90 Å². The fourth-order valence-corrected chi connectivity index (χ4v) is 2.51. The van der Waals surface area contributed by atoms with Crippen LogP contribution in [0.15, 0.2) is 4.52 Å². The Morgan fingerprint density at radius 3 is 2.94 bits per heavy atom. The molecule has 0 bridgehead atoms. The van der Waals surface area contributed by atoms with Crippen LogP contribution in [0.1, 0.15) is 38.5 Å². The van der Waals surface area contributed by atoms with E-state index in [-0.39, 0.29) is 10.8 Å². The molecule has 1 unspecified atom stereocenters. The normalized spacial score (nSPS) is 22.3. The number of likely N-dealkylation sites (N-methyl/N-ethyl adjacent to an activating group) is 1. The average molecular weight is 270 g/mol. The minimum absolute atomic E-state index is 0.220. The summed E-state index contributed by atoms with van der Waals surface area (Å²) in [5.41, 5.74) is 0. The quantitative estimate of drug-likeness (QED) is 0.902. The van der Waals surface area contributed by atoms with Gasteiger partial charge in [-0.2, -0.15) is 4.98 Å². The molecule has 1 saturated heterocycles. The predicted octanol–water partition coefficient (Wildman–Crippen LogP) is 1.68. The largest absolute Gasteiger partial charge is 0.338 e. The lowest BCUT2D eigenvalue weighted by Crippen LogP contribution is -2.44. The van der Waals surface area contributed by atoms with Gasteiger partial charge in [-0.1, -0.05) is 25.9 Å². The van der Waals surface area contributed by atoms with Gasteiger partial charge in [0.2, 0.25) is 5.89 Å². The van der Waals surface area contributed by atoms with Crippen molar-refractivity contribution in [1.29, 1.82) is 0 Å². The van der Waals surface area contributed by atoms with Crippen LogP contribution < -0.4 is 5.32 Å². The van der Waals surface area contributed by atoms with Crippen molar-refractivity contribution in [2.75, 3.05) is 26.7 Å². The van der Waals surface area contributed by atoms with E-state index in [9.17, 15) is 0 Å². The van der Waals surface area contributed by atoms with Crippen LogP contribution in [0.5, 0.6) is 0 Å². The Balaban J connectivity index is 1.97. The lowest BCUT2D eigenvalue weighted by molar-refractivity contribution is 0.190. The molecule has 1 atom stereocenters. The SMILES string of the molecule is CN1CCNCC1c1noc(CSC(C)(C)C)n1. The summed E-state index contributed by atoms with van der Waals surface area (Å²) in [6.45, 7) is 9.50. The summed E-state index contributed by atoms with van der Waals surface area (Å²) in [7, 11) is 2.10. The summed E-state index contributed by atoms with van der Waals surface area (Å²) in [6.07, 6.45) is 0. The molecule has 0 amide bonds. The van der Waals surface area contributed by atoms with Crippen LogP contribution in [0, 0.1) is 0 Å². The van der Waals surface area contributed by atoms with Gasteiger partial charge in [-0.15, -0.1) is 11.8 Å². The highest BCUT2D eigenvalue weighted by molar-refractivity contribution is 7.99. The van der Waals surface area contributed by atoms with Crippen molar-refractivity contribution in [3.8, 4) is 0 Å². The molecule has 2 rings (SSSR count). The minimum atomic E-state index is 0.220. The second-order valence-electron chi connectivity index (χ2n) is 5.65. The molecule has 1 aromatic rings. The molecule has 1 aromatic heterocycles. The van der Waals surface area contributed by atoms with E-state index in [1.807, 2.05) is 11.8 Å². The molecule has 1 aliphatic rings. The zero-order valence-corrected chi connectivity index (χ0v) is 12.4. The molecule has 1 fully saturated rings. The summed E-state index contributed by atoms with van der Waals surface area (Å²) in [5, 5.41) is 7.47. The van der Waals surface area contributed by atoms with E-state index in [1.54, 1.807) is 0 Å². The fraction of sp³-hybridized carbons (Fsp3) is 0.833. The van der Waals surface area contributed by atoms with Gasteiger partial charge in [0.05, 0.1) is 11.8 Å². The van der Waals surface area contributed by atoms with Gasteiger partial charge in [0.1, 0.15) is 0 Å². The zero-order valence-electron chi connectivity index (χ0n) is 11.6. The van der Waals surface area contributed by atoms with Gasteiger partial charge < -0.3 is 9.84 Å². The summed E-state index contributed by atoms with van der Waals surface area (Å²) >= 11 is 1.82. The Labute approximate surface area is 113 Å². The van der Waals surface area contributed by atoms with Gasteiger partial charge in [0, 0.05) is 24.4 Å². The van der Waals surface area contributed by atoms with Crippen molar-refractivity contribution in [2.45, 2.75) is 37.3 Å². The highest BCUT2D eigenvalue weighted by atomic mass is 32.2. The zero-order chi connectivity index (χ0) is 13.2. The van der Waals surface area contributed by atoms with E-state index >= 15 is 0 Å². The molecule has 0 spiro atoms.